The van der Waals surface area contributed by atoms with E-state index in [1.807, 2.05) is 17.0 Å². The van der Waals surface area contributed by atoms with Crippen LogP contribution in [0.1, 0.15) is 34.3 Å². The third kappa shape index (κ3) is 5.19. The van der Waals surface area contributed by atoms with Gasteiger partial charge in [0.1, 0.15) is 11.6 Å². The first-order chi connectivity index (χ1) is 15.5. The van der Waals surface area contributed by atoms with Gasteiger partial charge in [-0.2, -0.15) is 0 Å². The summed E-state index contributed by atoms with van der Waals surface area (Å²) in [7, 11) is 0. The van der Waals surface area contributed by atoms with Crippen molar-refractivity contribution in [1.29, 1.82) is 0 Å². The fourth-order valence-corrected chi connectivity index (χ4v) is 3.92. The van der Waals surface area contributed by atoms with E-state index in [1.165, 1.54) is 35.2 Å². The lowest BCUT2D eigenvalue weighted by Crippen LogP contribution is -2.31. The number of likely N-dealkylation sites (tertiary alicyclic amines) is 1. The van der Waals surface area contributed by atoms with Crippen LogP contribution in [0.15, 0.2) is 72.8 Å². The van der Waals surface area contributed by atoms with Gasteiger partial charge in [0.2, 0.25) is 5.91 Å². The van der Waals surface area contributed by atoms with Crippen molar-refractivity contribution in [1.82, 2.24) is 4.90 Å². The summed E-state index contributed by atoms with van der Waals surface area (Å²) >= 11 is 0. The number of rotatable bonds is 6. The predicted molar refractivity (Wildman–Crippen MR) is 119 cm³/mol. The highest BCUT2D eigenvalue weighted by Crippen LogP contribution is 2.22. The molecule has 1 aliphatic rings. The van der Waals surface area contributed by atoms with Crippen LogP contribution >= 0.6 is 0 Å². The standard InChI is InChI=1S/C26H24F2N2O2/c27-22-7-3-5-20(15-22)18-30(26(32)21-6-4-8-23(28)17-21)24-11-9-19(10-12-24)16-25(31)29-13-1-2-14-29/h3-12,15,17H,1-2,13-14,16,18H2. The van der Waals surface area contributed by atoms with Crippen LogP contribution in [-0.2, 0) is 17.8 Å². The van der Waals surface area contributed by atoms with Crippen molar-refractivity contribution >= 4 is 17.5 Å². The lowest BCUT2D eigenvalue weighted by Gasteiger charge is -2.24. The Morgan fingerprint density at radius 1 is 0.812 bits per heavy atom. The average molecular weight is 434 g/mol. The molecule has 0 saturated carbocycles. The molecule has 3 aromatic rings. The van der Waals surface area contributed by atoms with Crippen LogP contribution in [0, 0.1) is 11.6 Å². The summed E-state index contributed by atoms with van der Waals surface area (Å²) in [5, 5.41) is 0. The highest BCUT2D eigenvalue weighted by molar-refractivity contribution is 6.06. The molecule has 0 aromatic heterocycles. The van der Waals surface area contributed by atoms with Crippen LogP contribution in [0.4, 0.5) is 14.5 Å². The third-order valence-electron chi connectivity index (χ3n) is 5.61. The second-order valence-corrected chi connectivity index (χ2v) is 7.96. The smallest absolute Gasteiger partial charge is 0.258 e. The molecule has 0 N–H and O–H groups in total. The number of anilines is 1. The first-order valence-corrected chi connectivity index (χ1v) is 10.7. The van der Waals surface area contributed by atoms with Gasteiger partial charge in [-0.25, -0.2) is 8.78 Å². The Bertz CT molecular complexity index is 1110. The normalized spacial score (nSPS) is 13.2. The Balaban J connectivity index is 1.58. The molecule has 6 heteroatoms. The van der Waals surface area contributed by atoms with E-state index >= 15 is 0 Å². The van der Waals surface area contributed by atoms with Gasteiger partial charge in [-0.15, -0.1) is 0 Å². The zero-order valence-corrected chi connectivity index (χ0v) is 17.6. The summed E-state index contributed by atoms with van der Waals surface area (Å²) in [6.07, 6.45) is 2.39. The predicted octanol–water partition coefficient (Wildman–Crippen LogP) is 4.98. The molecule has 32 heavy (non-hydrogen) atoms. The molecule has 2 amide bonds. The topological polar surface area (TPSA) is 40.6 Å². The molecular formula is C26H24F2N2O2. The van der Waals surface area contributed by atoms with E-state index in [4.69, 9.17) is 0 Å². The number of halogens is 2. The molecule has 1 heterocycles. The third-order valence-corrected chi connectivity index (χ3v) is 5.61. The van der Waals surface area contributed by atoms with E-state index in [-0.39, 0.29) is 18.0 Å². The highest BCUT2D eigenvalue weighted by Gasteiger charge is 2.21. The maximum absolute atomic E-state index is 13.7. The van der Waals surface area contributed by atoms with Crippen LogP contribution in [0.25, 0.3) is 0 Å². The summed E-state index contributed by atoms with van der Waals surface area (Å²) in [6, 6.07) is 18.7. The van der Waals surface area contributed by atoms with Gasteiger partial charge in [-0.1, -0.05) is 30.3 Å². The largest absolute Gasteiger partial charge is 0.342 e. The zero-order valence-electron chi connectivity index (χ0n) is 17.6. The van der Waals surface area contributed by atoms with Crippen molar-refractivity contribution < 1.29 is 18.4 Å². The summed E-state index contributed by atoms with van der Waals surface area (Å²) in [6.45, 7) is 1.74. The molecule has 0 aliphatic carbocycles. The van der Waals surface area contributed by atoms with Crippen LogP contribution in [0.5, 0.6) is 0 Å². The molecule has 1 fully saturated rings. The quantitative estimate of drug-likeness (QED) is 0.549. The van der Waals surface area contributed by atoms with Crippen molar-refractivity contribution in [3.8, 4) is 0 Å². The minimum Gasteiger partial charge on any atom is -0.342 e. The van der Waals surface area contributed by atoms with Gasteiger partial charge in [0, 0.05) is 24.3 Å². The molecule has 0 atom stereocenters. The van der Waals surface area contributed by atoms with Crippen LogP contribution in [0.3, 0.4) is 0 Å². The van der Waals surface area contributed by atoms with Gasteiger partial charge in [0.05, 0.1) is 13.0 Å². The van der Waals surface area contributed by atoms with Crippen molar-refractivity contribution in [3.05, 3.63) is 101 Å². The van der Waals surface area contributed by atoms with Crippen LogP contribution in [-0.4, -0.2) is 29.8 Å². The van der Waals surface area contributed by atoms with Gasteiger partial charge in [-0.3, -0.25) is 9.59 Å². The Morgan fingerprint density at radius 2 is 1.47 bits per heavy atom. The first kappa shape index (κ1) is 21.7. The molecule has 1 aliphatic heterocycles. The van der Waals surface area contributed by atoms with E-state index in [0.717, 1.165) is 31.5 Å². The number of amides is 2. The minimum absolute atomic E-state index is 0.0997. The fourth-order valence-electron chi connectivity index (χ4n) is 3.92. The SMILES string of the molecule is O=C(Cc1ccc(N(Cc2cccc(F)c2)C(=O)c2cccc(F)c2)cc1)N1CCCC1. The van der Waals surface area contributed by atoms with Gasteiger partial charge in [0.15, 0.2) is 0 Å². The van der Waals surface area contributed by atoms with E-state index in [0.29, 0.717) is 17.7 Å². The number of carbonyl (C=O) groups excluding carboxylic acids is 2. The zero-order chi connectivity index (χ0) is 22.5. The number of carbonyl (C=O) groups is 2. The lowest BCUT2D eigenvalue weighted by atomic mass is 10.1. The van der Waals surface area contributed by atoms with E-state index in [9.17, 15) is 18.4 Å². The van der Waals surface area contributed by atoms with Gasteiger partial charge in [0.25, 0.3) is 5.91 Å². The second-order valence-electron chi connectivity index (χ2n) is 7.96. The molecule has 1 saturated heterocycles. The van der Waals surface area contributed by atoms with E-state index in [1.54, 1.807) is 30.3 Å². The Kier molecular flexibility index (Phi) is 6.59. The summed E-state index contributed by atoms with van der Waals surface area (Å²) in [4.78, 5) is 29.0. The van der Waals surface area contributed by atoms with E-state index in [2.05, 4.69) is 0 Å². The molecule has 0 unspecified atom stereocenters. The number of nitrogens with zero attached hydrogens (tertiary/aromatic N) is 2. The molecule has 4 rings (SSSR count). The minimum atomic E-state index is -0.502. The van der Waals surface area contributed by atoms with Crippen molar-refractivity contribution in [2.45, 2.75) is 25.8 Å². The first-order valence-electron chi connectivity index (χ1n) is 10.7. The maximum atomic E-state index is 13.7. The van der Waals surface area contributed by atoms with E-state index < -0.39 is 17.5 Å². The lowest BCUT2D eigenvalue weighted by molar-refractivity contribution is -0.129. The molecule has 0 bridgehead atoms. The summed E-state index contributed by atoms with van der Waals surface area (Å²) < 4.78 is 27.4. The highest BCUT2D eigenvalue weighted by atomic mass is 19.1. The summed E-state index contributed by atoms with van der Waals surface area (Å²) in [5.41, 5.74) is 2.26. The Labute approximate surface area is 186 Å². The molecule has 164 valence electrons. The number of hydrogen-bond donors (Lipinski definition) is 0. The summed E-state index contributed by atoms with van der Waals surface area (Å²) in [5.74, 6) is -1.19. The number of benzene rings is 3. The Hall–Kier alpha value is -3.54. The fraction of sp³-hybridized carbons (Fsp3) is 0.231. The molecular weight excluding hydrogens is 410 g/mol. The average Bonchev–Trinajstić information content (AvgIpc) is 3.33. The van der Waals surface area contributed by atoms with Crippen molar-refractivity contribution in [2.24, 2.45) is 0 Å². The molecule has 0 radical (unpaired) electrons. The molecule has 4 nitrogen and oxygen atoms in total. The van der Waals surface area contributed by atoms with Crippen LogP contribution in [0.2, 0.25) is 0 Å². The van der Waals surface area contributed by atoms with Crippen LogP contribution < -0.4 is 4.90 Å². The molecule has 0 spiro atoms. The van der Waals surface area contributed by atoms with Crippen molar-refractivity contribution in [3.63, 3.8) is 0 Å². The Morgan fingerprint density at radius 3 is 2.12 bits per heavy atom. The van der Waals surface area contributed by atoms with Gasteiger partial charge in [-0.05, 0) is 66.4 Å². The van der Waals surface area contributed by atoms with Crippen molar-refractivity contribution in [2.75, 3.05) is 18.0 Å². The van der Waals surface area contributed by atoms with Gasteiger partial charge >= 0.3 is 0 Å². The number of hydrogen-bond acceptors (Lipinski definition) is 2. The van der Waals surface area contributed by atoms with Gasteiger partial charge < -0.3 is 9.80 Å². The molecule has 3 aromatic carbocycles. The second kappa shape index (κ2) is 9.73. The maximum Gasteiger partial charge on any atom is 0.258 e. The monoisotopic (exact) mass is 434 g/mol.